The van der Waals surface area contributed by atoms with Crippen LogP contribution in [0.3, 0.4) is 0 Å². The molecule has 3 atom stereocenters. The summed E-state index contributed by atoms with van der Waals surface area (Å²) in [6.07, 6.45) is 4.64. The third-order valence-corrected chi connectivity index (χ3v) is 6.63. The maximum Gasteiger partial charge on any atom is 0.0514 e. The average molecular weight is 318 g/mol. The molecular formula is C20H31NS. The van der Waals surface area contributed by atoms with Gasteiger partial charge in [0, 0.05) is 16.3 Å². The van der Waals surface area contributed by atoms with E-state index in [0.717, 1.165) is 0 Å². The predicted molar refractivity (Wildman–Crippen MR) is 99.5 cm³/mol. The molecule has 0 saturated carbocycles. The SMILES string of the molecule is Cc1ncc(C(C)C)c2c1S[C@H](C)[C@H](C)[C@H](C)/C=C\2C(C)C. The molecule has 122 valence electrons. The van der Waals surface area contributed by atoms with Crippen molar-refractivity contribution in [2.24, 2.45) is 17.8 Å². The van der Waals surface area contributed by atoms with E-state index < -0.39 is 0 Å². The first-order valence-corrected chi connectivity index (χ1v) is 9.50. The van der Waals surface area contributed by atoms with E-state index in [2.05, 4.69) is 67.7 Å². The monoisotopic (exact) mass is 317 g/mol. The van der Waals surface area contributed by atoms with Crippen molar-refractivity contribution in [1.29, 1.82) is 0 Å². The topological polar surface area (TPSA) is 12.9 Å². The Morgan fingerprint density at radius 2 is 1.68 bits per heavy atom. The van der Waals surface area contributed by atoms with Crippen LogP contribution in [0.1, 0.15) is 71.2 Å². The van der Waals surface area contributed by atoms with Gasteiger partial charge < -0.3 is 0 Å². The number of aromatic nitrogens is 1. The molecule has 0 amide bonds. The summed E-state index contributed by atoms with van der Waals surface area (Å²) in [4.78, 5) is 6.12. The minimum Gasteiger partial charge on any atom is -0.260 e. The molecular weight excluding hydrogens is 286 g/mol. The number of allylic oxidation sites excluding steroid dienone is 2. The highest BCUT2D eigenvalue weighted by atomic mass is 32.2. The maximum absolute atomic E-state index is 4.71. The van der Waals surface area contributed by atoms with Crippen molar-refractivity contribution in [3.63, 3.8) is 0 Å². The van der Waals surface area contributed by atoms with Crippen LogP contribution >= 0.6 is 11.8 Å². The van der Waals surface area contributed by atoms with Crippen molar-refractivity contribution < 1.29 is 0 Å². The zero-order valence-electron chi connectivity index (χ0n) is 15.4. The number of fused-ring (bicyclic) bond motifs is 1. The van der Waals surface area contributed by atoms with Gasteiger partial charge in [-0.25, -0.2) is 0 Å². The van der Waals surface area contributed by atoms with Crippen LogP contribution in [-0.4, -0.2) is 10.2 Å². The van der Waals surface area contributed by atoms with Gasteiger partial charge in [0.05, 0.1) is 5.69 Å². The fraction of sp³-hybridized carbons (Fsp3) is 0.650. The molecule has 1 aliphatic heterocycles. The molecule has 0 saturated heterocycles. The Hall–Kier alpha value is -0.760. The Balaban J connectivity index is 2.77. The summed E-state index contributed by atoms with van der Waals surface area (Å²) < 4.78 is 0. The molecule has 0 spiro atoms. The quantitative estimate of drug-likeness (QED) is 0.633. The number of aryl methyl sites for hydroxylation is 1. The van der Waals surface area contributed by atoms with E-state index in [9.17, 15) is 0 Å². The highest BCUT2D eigenvalue weighted by Gasteiger charge is 2.28. The summed E-state index contributed by atoms with van der Waals surface area (Å²) in [6, 6.07) is 0. The second-order valence-corrected chi connectivity index (χ2v) is 8.86. The molecule has 1 nitrogen and oxygen atoms in total. The van der Waals surface area contributed by atoms with Gasteiger partial charge in [0.15, 0.2) is 0 Å². The van der Waals surface area contributed by atoms with Gasteiger partial charge in [-0.3, -0.25) is 4.98 Å². The summed E-state index contributed by atoms with van der Waals surface area (Å²) >= 11 is 2.03. The molecule has 0 aliphatic carbocycles. The molecule has 0 bridgehead atoms. The second-order valence-electron chi connectivity index (χ2n) is 7.48. The zero-order chi connectivity index (χ0) is 16.6. The van der Waals surface area contributed by atoms with Gasteiger partial charge in [-0.2, -0.15) is 0 Å². The number of thioether (sulfide) groups is 1. The second kappa shape index (κ2) is 6.78. The van der Waals surface area contributed by atoms with Crippen molar-refractivity contribution in [2.45, 2.75) is 71.5 Å². The van der Waals surface area contributed by atoms with Crippen molar-refractivity contribution in [3.8, 4) is 0 Å². The lowest BCUT2D eigenvalue weighted by atomic mass is 9.83. The van der Waals surface area contributed by atoms with Gasteiger partial charge in [0.1, 0.15) is 0 Å². The van der Waals surface area contributed by atoms with Crippen LogP contribution in [0.15, 0.2) is 17.2 Å². The summed E-state index contributed by atoms with van der Waals surface area (Å²) in [7, 11) is 0. The lowest BCUT2D eigenvalue weighted by Crippen LogP contribution is -2.21. The number of hydrogen-bond acceptors (Lipinski definition) is 2. The predicted octanol–water partition coefficient (Wildman–Crippen LogP) is 6.32. The fourth-order valence-electron chi connectivity index (χ4n) is 3.20. The molecule has 0 fully saturated rings. The Kier molecular flexibility index (Phi) is 5.42. The number of nitrogens with zero attached hydrogens (tertiary/aromatic N) is 1. The van der Waals surface area contributed by atoms with Crippen LogP contribution < -0.4 is 0 Å². The number of hydrogen-bond donors (Lipinski definition) is 0. The van der Waals surface area contributed by atoms with E-state index in [0.29, 0.717) is 28.9 Å². The summed E-state index contributed by atoms with van der Waals surface area (Å²) in [5, 5.41) is 0.613. The number of pyridine rings is 1. The van der Waals surface area contributed by atoms with Gasteiger partial charge in [0.2, 0.25) is 0 Å². The first-order valence-electron chi connectivity index (χ1n) is 8.62. The lowest BCUT2D eigenvalue weighted by Gasteiger charge is -2.32. The van der Waals surface area contributed by atoms with Crippen molar-refractivity contribution in [1.82, 2.24) is 4.98 Å². The highest BCUT2D eigenvalue weighted by Crippen LogP contribution is 2.45. The first kappa shape index (κ1) is 17.6. The summed E-state index contributed by atoms with van der Waals surface area (Å²) in [5.41, 5.74) is 5.59. The van der Waals surface area contributed by atoms with Crippen molar-refractivity contribution in [3.05, 3.63) is 29.1 Å². The van der Waals surface area contributed by atoms with Crippen LogP contribution in [0.25, 0.3) is 5.57 Å². The molecule has 2 heterocycles. The molecule has 1 aromatic heterocycles. The van der Waals surface area contributed by atoms with E-state index in [-0.39, 0.29) is 0 Å². The van der Waals surface area contributed by atoms with Crippen LogP contribution in [0.2, 0.25) is 0 Å². The van der Waals surface area contributed by atoms with E-state index in [1.54, 1.807) is 0 Å². The van der Waals surface area contributed by atoms with Crippen molar-refractivity contribution >= 4 is 17.3 Å². The van der Waals surface area contributed by atoms with Crippen LogP contribution in [0.4, 0.5) is 0 Å². The van der Waals surface area contributed by atoms with Gasteiger partial charge in [-0.1, -0.05) is 54.5 Å². The van der Waals surface area contributed by atoms with Crippen LogP contribution in [0.5, 0.6) is 0 Å². The molecule has 0 N–H and O–H groups in total. The molecule has 0 radical (unpaired) electrons. The Labute approximate surface area is 141 Å². The number of rotatable bonds is 2. The van der Waals surface area contributed by atoms with E-state index in [1.165, 1.54) is 27.3 Å². The molecule has 22 heavy (non-hydrogen) atoms. The van der Waals surface area contributed by atoms with Crippen molar-refractivity contribution in [2.75, 3.05) is 0 Å². The molecule has 0 unspecified atom stereocenters. The van der Waals surface area contributed by atoms with E-state index in [1.807, 2.05) is 11.8 Å². The Bertz CT molecular complexity index is 571. The minimum atomic E-state index is 0.507. The first-order chi connectivity index (χ1) is 10.2. The minimum absolute atomic E-state index is 0.507. The Morgan fingerprint density at radius 1 is 1.05 bits per heavy atom. The normalized spacial score (nSPS) is 28.1. The molecule has 0 aromatic carbocycles. The lowest BCUT2D eigenvalue weighted by molar-refractivity contribution is 0.455. The maximum atomic E-state index is 4.71. The molecule has 2 rings (SSSR count). The fourth-order valence-corrected chi connectivity index (χ4v) is 4.61. The molecule has 1 aromatic rings. The highest BCUT2D eigenvalue weighted by molar-refractivity contribution is 8.00. The van der Waals surface area contributed by atoms with Gasteiger partial charge in [-0.15, -0.1) is 11.8 Å². The van der Waals surface area contributed by atoms with E-state index >= 15 is 0 Å². The molecule has 2 heteroatoms. The Morgan fingerprint density at radius 3 is 2.23 bits per heavy atom. The standard InChI is InChI=1S/C20H31NS/c1-11(2)17-9-13(5)14(6)16(8)22-20-15(7)21-10-18(12(3)4)19(17)20/h9-14,16H,1-8H3/b17-9-/t13-,14-,16-/m1/s1. The van der Waals surface area contributed by atoms with Gasteiger partial charge in [-0.05, 0) is 47.3 Å². The third kappa shape index (κ3) is 3.27. The summed E-state index contributed by atoms with van der Waals surface area (Å²) in [6.45, 7) is 18.5. The van der Waals surface area contributed by atoms with E-state index in [4.69, 9.17) is 4.98 Å². The third-order valence-electron chi connectivity index (χ3n) is 5.09. The zero-order valence-corrected chi connectivity index (χ0v) is 16.2. The average Bonchev–Trinajstić information content (AvgIpc) is 2.44. The van der Waals surface area contributed by atoms with Crippen LogP contribution in [0, 0.1) is 24.7 Å². The van der Waals surface area contributed by atoms with Gasteiger partial charge >= 0.3 is 0 Å². The van der Waals surface area contributed by atoms with Gasteiger partial charge in [0.25, 0.3) is 0 Å². The smallest absolute Gasteiger partial charge is 0.0514 e. The largest absolute Gasteiger partial charge is 0.260 e. The van der Waals surface area contributed by atoms with Crippen LogP contribution in [-0.2, 0) is 0 Å². The molecule has 1 aliphatic rings. The summed E-state index contributed by atoms with van der Waals surface area (Å²) in [5.74, 6) is 2.34.